The number of nitrogens with one attached hydrogen (secondary N) is 4. The number of nitro groups is 4. The van der Waals surface area contributed by atoms with Gasteiger partial charge in [0.15, 0.2) is 0 Å². The standard InChI is InChI=1S/C44H32N8O8/c53-49(54)37-13-5-1-9-25(37)41-29-17-19-31(45-29)42(26-10-2-6-14-38(26)50(55)56)33-21-23-35(47-33)44(28-12-4-8-16-40(28)52(59)60)36-24-22-34(48-36)43(32-20-18-30(41)46-32)27-11-3-7-15-39(27)51(57)58/h1-24,41-48H. The predicted octanol–water partition coefficient (Wildman–Crippen LogP) is 9.67. The highest BCUT2D eigenvalue weighted by Crippen LogP contribution is 2.45. The van der Waals surface area contributed by atoms with Crippen LogP contribution in [0.15, 0.2) is 146 Å². The molecule has 8 aromatic rings. The van der Waals surface area contributed by atoms with E-state index in [9.17, 15) is 40.5 Å². The van der Waals surface area contributed by atoms with E-state index in [0.29, 0.717) is 67.8 Å². The fourth-order valence-corrected chi connectivity index (χ4v) is 8.67. The highest BCUT2D eigenvalue weighted by Gasteiger charge is 2.35. The summed E-state index contributed by atoms with van der Waals surface area (Å²) in [5, 5.41) is 50.1. The van der Waals surface area contributed by atoms with Gasteiger partial charge < -0.3 is 19.9 Å². The van der Waals surface area contributed by atoms with Crippen molar-refractivity contribution in [3.8, 4) is 0 Å². The third-order valence-corrected chi connectivity index (χ3v) is 11.2. The number of hydrogen-bond acceptors (Lipinski definition) is 8. The van der Waals surface area contributed by atoms with Crippen LogP contribution in [-0.2, 0) is 0 Å². The van der Waals surface area contributed by atoms with Crippen LogP contribution in [0.25, 0.3) is 0 Å². The number of rotatable bonds is 8. The van der Waals surface area contributed by atoms with E-state index in [1.807, 2.05) is 0 Å². The van der Waals surface area contributed by atoms with Crippen molar-refractivity contribution in [1.29, 1.82) is 0 Å². The van der Waals surface area contributed by atoms with E-state index >= 15 is 0 Å². The lowest BCUT2D eigenvalue weighted by atomic mass is 9.91. The molecule has 0 spiro atoms. The van der Waals surface area contributed by atoms with Crippen molar-refractivity contribution >= 4 is 22.7 Å². The molecule has 0 radical (unpaired) electrons. The third-order valence-electron chi connectivity index (χ3n) is 11.2. The first-order valence-electron chi connectivity index (χ1n) is 18.8. The summed E-state index contributed by atoms with van der Waals surface area (Å²) >= 11 is 0. The fourth-order valence-electron chi connectivity index (χ4n) is 8.67. The Kier molecular flexibility index (Phi) is 9.20. The maximum atomic E-state index is 12.5. The van der Waals surface area contributed by atoms with Gasteiger partial charge >= 0.3 is 0 Å². The zero-order valence-corrected chi connectivity index (χ0v) is 31.2. The van der Waals surface area contributed by atoms with Gasteiger partial charge in [-0.3, -0.25) is 40.5 Å². The summed E-state index contributed by atoms with van der Waals surface area (Å²) in [5.41, 5.74) is 5.06. The molecule has 16 nitrogen and oxygen atoms in total. The van der Waals surface area contributed by atoms with E-state index < -0.39 is 43.4 Å². The van der Waals surface area contributed by atoms with E-state index in [0.717, 1.165) is 0 Å². The van der Waals surface area contributed by atoms with Crippen molar-refractivity contribution in [3.63, 3.8) is 0 Å². The van der Waals surface area contributed by atoms with Gasteiger partial charge in [-0.15, -0.1) is 0 Å². The minimum Gasteiger partial charge on any atom is -0.361 e. The zero-order chi connectivity index (χ0) is 41.7. The highest BCUT2D eigenvalue weighted by atomic mass is 16.6. The molecule has 1 aliphatic heterocycles. The highest BCUT2D eigenvalue weighted by molar-refractivity contribution is 5.57. The Hall–Kier alpha value is -8.40. The van der Waals surface area contributed by atoms with Crippen LogP contribution in [-0.4, -0.2) is 39.6 Å². The molecule has 8 bridgehead atoms. The molecule has 60 heavy (non-hydrogen) atoms. The number of benzene rings is 4. The van der Waals surface area contributed by atoms with Crippen LogP contribution >= 0.6 is 0 Å². The number of para-hydroxylation sites is 4. The number of aromatic amines is 4. The summed E-state index contributed by atoms with van der Waals surface area (Å²) in [6.45, 7) is 0. The van der Waals surface area contributed by atoms with Crippen LogP contribution in [0.2, 0.25) is 0 Å². The second-order valence-corrected chi connectivity index (χ2v) is 14.5. The van der Waals surface area contributed by atoms with Gasteiger partial charge in [0.2, 0.25) is 0 Å². The molecule has 0 saturated heterocycles. The van der Waals surface area contributed by atoms with E-state index in [1.54, 1.807) is 121 Å². The SMILES string of the molecule is O=[N+]([O-])c1ccccc1C1c2ccc([nH]2)C(c2ccccc2[N+](=O)[O-])c2ccc([nH]2)C(c2ccccc2[N+](=O)[O-])c2ccc([nH]2)C(c2ccccc2[N+](=O)[O-])c2ccc1[nH]2. The normalized spacial score (nSPS) is 17.2. The Bertz CT molecular complexity index is 2510. The van der Waals surface area contributed by atoms with Crippen LogP contribution in [0, 0.1) is 40.5 Å². The molecule has 9 rings (SSSR count). The molecule has 0 atom stereocenters. The summed E-state index contributed by atoms with van der Waals surface area (Å²) in [4.78, 5) is 62.3. The first kappa shape index (κ1) is 37.2. The molecule has 296 valence electrons. The van der Waals surface area contributed by atoms with Crippen LogP contribution in [0.1, 0.15) is 91.5 Å². The lowest BCUT2D eigenvalue weighted by molar-refractivity contribution is -0.385. The van der Waals surface area contributed by atoms with Gasteiger partial charge in [-0.2, -0.15) is 0 Å². The number of nitro benzene ring substituents is 4. The Morgan fingerprint density at radius 2 is 0.450 bits per heavy atom. The molecule has 5 heterocycles. The molecular weight excluding hydrogens is 769 g/mol. The third kappa shape index (κ3) is 6.37. The largest absolute Gasteiger partial charge is 0.361 e. The van der Waals surface area contributed by atoms with Gasteiger partial charge in [0.1, 0.15) is 0 Å². The Labute approximate surface area is 339 Å². The first-order valence-corrected chi connectivity index (χ1v) is 18.8. The van der Waals surface area contributed by atoms with Crippen molar-refractivity contribution in [1.82, 2.24) is 19.9 Å². The van der Waals surface area contributed by atoms with Gasteiger partial charge in [-0.25, -0.2) is 0 Å². The molecule has 4 aromatic carbocycles. The quantitative estimate of drug-likeness (QED) is 0.0850. The molecule has 4 N–H and O–H groups in total. The number of nitrogens with zero attached hydrogens (tertiary/aromatic N) is 4. The number of aromatic nitrogens is 4. The van der Waals surface area contributed by atoms with Crippen LogP contribution < -0.4 is 0 Å². The molecule has 0 aliphatic carbocycles. The molecule has 0 fully saturated rings. The molecule has 4 aromatic heterocycles. The van der Waals surface area contributed by atoms with E-state index in [1.165, 1.54) is 24.3 Å². The average Bonchev–Trinajstić information content (AvgIpc) is 4.09. The lowest BCUT2D eigenvalue weighted by Gasteiger charge is -2.20. The number of fused-ring (bicyclic) bond motifs is 8. The van der Waals surface area contributed by atoms with Crippen molar-refractivity contribution in [2.24, 2.45) is 0 Å². The van der Waals surface area contributed by atoms with Crippen LogP contribution in [0.3, 0.4) is 0 Å². The number of hydrogen-bond donors (Lipinski definition) is 4. The lowest BCUT2D eigenvalue weighted by Crippen LogP contribution is -2.13. The summed E-state index contributed by atoms with van der Waals surface area (Å²) in [5.74, 6) is -3.22. The summed E-state index contributed by atoms with van der Waals surface area (Å²) < 4.78 is 0. The average molecular weight is 801 g/mol. The molecule has 16 heteroatoms. The number of H-pyrrole nitrogens is 4. The summed E-state index contributed by atoms with van der Waals surface area (Å²) in [6.07, 6.45) is 0. The van der Waals surface area contributed by atoms with E-state index in [4.69, 9.17) is 0 Å². The molecular formula is C44H32N8O8. The van der Waals surface area contributed by atoms with E-state index in [2.05, 4.69) is 19.9 Å². The maximum absolute atomic E-state index is 12.5. The van der Waals surface area contributed by atoms with Crippen molar-refractivity contribution in [2.75, 3.05) is 0 Å². The van der Waals surface area contributed by atoms with Crippen LogP contribution in [0.4, 0.5) is 22.7 Å². The predicted molar refractivity (Wildman–Crippen MR) is 219 cm³/mol. The Morgan fingerprint density at radius 1 is 0.283 bits per heavy atom. The smallest absolute Gasteiger partial charge is 0.273 e. The molecule has 0 unspecified atom stereocenters. The summed E-state index contributed by atoms with van der Waals surface area (Å²) in [6, 6.07) is 39.8. The maximum Gasteiger partial charge on any atom is 0.273 e. The van der Waals surface area contributed by atoms with Gasteiger partial charge in [-0.1, -0.05) is 72.8 Å². The van der Waals surface area contributed by atoms with Crippen molar-refractivity contribution < 1.29 is 19.7 Å². The Balaban J connectivity index is 1.36. The zero-order valence-electron chi connectivity index (χ0n) is 31.2. The second-order valence-electron chi connectivity index (χ2n) is 14.5. The Morgan fingerprint density at radius 3 is 0.617 bits per heavy atom. The van der Waals surface area contributed by atoms with Gasteiger partial charge in [0.25, 0.3) is 22.7 Å². The topological polar surface area (TPSA) is 236 Å². The summed E-state index contributed by atoms with van der Waals surface area (Å²) in [7, 11) is 0. The molecule has 1 aliphatic rings. The fraction of sp³-hybridized carbons (Fsp3) is 0.0909. The van der Waals surface area contributed by atoms with Crippen molar-refractivity contribution in [3.05, 3.63) is 254 Å². The van der Waals surface area contributed by atoms with Gasteiger partial charge in [0.05, 0.1) is 43.4 Å². The van der Waals surface area contributed by atoms with Crippen molar-refractivity contribution in [2.45, 2.75) is 23.7 Å². The molecule has 0 amide bonds. The minimum atomic E-state index is -0.804. The van der Waals surface area contributed by atoms with E-state index in [-0.39, 0.29) is 22.7 Å². The monoisotopic (exact) mass is 800 g/mol. The van der Waals surface area contributed by atoms with Gasteiger partial charge in [-0.05, 0) is 48.5 Å². The van der Waals surface area contributed by atoms with Crippen LogP contribution in [0.5, 0.6) is 0 Å². The first-order chi connectivity index (χ1) is 29.1. The minimum absolute atomic E-state index is 0.140. The second kappa shape index (κ2) is 14.8. The van der Waals surface area contributed by atoms with Gasteiger partial charge in [0, 0.05) is 92.1 Å². The molecule has 0 saturated carbocycles.